The van der Waals surface area contributed by atoms with Crippen LogP contribution in [0.5, 0.6) is 0 Å². The summed E-state index contributed by atoms with van der Waals surface area (Å²) in [7, 11) is 1.96. The van der Waals surface area contributed by atoms with Crippen molar-refractivity contribution < 1.29 is 4.79 Å². The van der Waals surface area contributed by atoms with Gasteiger partial charge in [0.2, 0.25) is 5.91 Å². The Labute approximate surface area is 153 Å². The van der Waals surface area contributed by atoms with Crippen LogP contribution in [0.3, 0.4) is 0 Å². The number of hydrogen-bond acceptors (Lipinski definition) is 4. The molecular weight excluding hydrogens is 338 g/mol. The molecule has 134 valence electrons. The summed E-state index contributed by atoms with van der Waals surface area (Å²) in [5, 5.41) is 12.4. The van der Waals surface area contributed by atoms with E-state index in [0.717, 1.165) is 36.6 Å². The number of piperazine rings is 1. The van der Waals surface area contributed by atoms with E-state index >= 15 is 0 Å². The second kappa shape index (κ2) is 7.14. The quantitative estimate of drug-likeness (QED) is 0.889. The van der Waals surface area contributed by atoms with Crippen LogP contribution in [0.4, 0.5) is 0 Å². The Morgan fingerprint density at radius 3 is 2.68 bits per heavy atom. The summed E-state index contributed by atoms with van der Waals surface area (Å²) >= 11 is 5.96. The van der Waals surface area contributed by atoms with Crippen molar-refractivity contribution in [3.8, 4) is 11.4 Å². The molecule has 1 fully saturated rings. The minimum absolute atomic E-state index is 0.0979. The molecule has 1 amide bonds. The van der Waals surface area contributed by atoms with Gasteiger partial charge in [-0.2, -0.15) is 0 Å². The van der Waals surface area contributed by atoms with Gasteiger partial charge in [-0.25, -0.2) is 0 Å². The van der Waals surface area contributed by atoms with Crippen LogP contribution in [0, 0.1) is 0 Å². The minimum Gasteiger partial charge on any atom is -0.353 e. The Bertz CT molecular complexity index is 757. The first kappa shape index (κ1) is 17.9. The first-order valence-electron chi connectivity index (χ1n) is 8.63. The Morgan fingerprint density at radius 2 is 2.00 bits per heavy atom. The maximum absolute atomic E-state index is 12.4. The van der Waals surface area contributed by atoms with Crippen LogP contribution in [0.2, 0.25) is 5.02 Å². The van der Waals surface area contributed by atoms with Crippen LogP contribution in [-0.2, 0) is 18.4 Å². The van der Waals surface area contributed by atoms with E-state index in [2.05, 4.69) is 27.3 Å². The fraction of sp³-hybridized carbons (Fsp3) is 0.500. The lowest BCUT2D eigenvalue weighted by atomic mass is 9.90. The molecule has 0 aliphatic carbocycles. The lowest BCUT2D eigenvalue weighted by Gasteiger charge is -2.43. The molecule has 1 atom stereocenters. The molecule has 3 rings (SSSR count). The van der Waals surface area contributed by atoms with Crippen molar-refractivity contribution >= 4 is 17.5 Å². The molecule has 1 aliphatic rings. The van der Waals surface area contributed by atoms with E-state index in [0.29, 0.717) is 18.1 Å². The van der Waals surface area contributed by atoms with E-state index in [-0.39, 0.29) is 5.91 Å². The maximum atomic E-state index is 12.4. The molecule has 0 radical (unpaired) electrons. The summed E-state index contributed by atoms with van der Waals surface area (Å²) in [5.41, 5.74) is 0.470. The van der Waals surface area contributed by atoms with E-state index in [1.54, 1.807) is 0 Å². The highest BCUT2D eigenvalue weighted by Crippen LogP contribution is 2.27. The zero-order chi connectivity index (χ0) is 18.0. The molecule has 1 saturated heterocycles. The molecule has 2 heterocycles. The van der Waals surface area contributed by atoms with Crippen LogP contribution >= 0.6 is 11.6 Å². The molecule has 25 heavy (non-hydrogen) atoms. The molecule has 1 N–H and O–H groups in total. The summed E-state index contributed by atoms with van der Waals surface area (Å²) in [6.07, 6.45) is 1.77. The number of hydrogen-bond donors (Lipinski definition) is 1. The van der Waals surface area contributed by atoms with E-state index < -0.39 is 5.54 Å². The Balaban J connectivity index is 1.85. The van der Waals surface area contributed by atoms with Crippen molar-refractivity contribution in [3.05, 3.63) is 35.1 Å². The van der Waals surface area contributed by atoms with Crippen LogP contribution in [-0.4, -0.2) is 44.2 Å². The fourth-order valence-corrected chi connectivity index (χ4v) is 3.54. The highest BCUT2D eigenvalue weighted by atomic mass is 35.5. The number of nitrogens with zero attached hydrogens (tertiary/aromatic N) is 4. The second-order valence-electron chi connectivity index (χ2n) is 6.71. The van der Waals surface area contributed by atoms with Crippen LogP contribution < -0.4 is 5.32 Å². The van der Waals surface area contributed by atoms with Gasteiger partial charge in [0, 0.05) is 30.7 Å². The average molecular weight is 362 g/mol. The average Bonchev–Trinajstić information content (AvgIpc) is 2.94. The van der Waals surface area contributed by atoms with Crippen molar-refractivity contribution in [1.82, 2.24) is 25.0 Å². The number of rotatable bonds is 5. The molecule has 1 aromatic heterocycles. The van der Waals surface area contributed by atoms with Crippen LogP contribution in [0.15, 0.2) is 24.3 Å². The maximum Gasteiger partial charge on any atom is 0.240 e. The number of benzene rings is 1. The number of carbonyl (C=O) groups is 1. The largest absolute Gasteiger partial charge is 0.353 e. The van der Waals surface area contributed by atoms with Crippen molar-refractivity contribution in [1.29, 1.82) is 0 Å². The smallest absolute Gasteiger partial charge is 0.240 e. The Kier molecular flexibility index (Phi) is 5.11. The lowest BCUT2D eigenvalue weighted by molar-refractivity contribution is -0.137. The number of amides is 1. The molecule has 0 bridgehead atoms. The van der Waals surface area contributed by atoms with E-state index in [9.17, 15) is 4.79 Å². The lowest BCUT2D eigenvalue weighted by Crippen LogP contribution is -2.62. The van der Waals surface area contributed by atoms with Gasteiger partial charge in [0.05, 0.1) is 12.1 Å². The molecule has 2 aromatic rings. The highest BCUT2D eigenvalue weighted by Gasteiger charge is 2.41. The van der Waals surface area contributed by atoms with Crippen molar-refractivity contribution in [2.24, 2.45) is 7.05 Å². The monoisotopic (exact) mass is 361 g/mol. The zero-order valence-corrected chi connectivity index (χ0v) is 15.7. The number of nitrogens with one attached hydrogen (secondary N) is 1. The minimum atomic E-state index is -0.501. The normalized spacial score (nSPS) is 21.4. The van der Waals surface area contributed by atoms with Gasteiger partial charge in [-0.05, 0) is 37.6 Å². The van der Waals surface area contributed by atoms with E-state index in [4.69, 9.17) is 11.6 Å². The van der Waals surface area contributed by atoms with Crippen LogP contribution in [0.1, 0.15) is 32.5 Å². The SMILES string of the molecule is CCC[C@@]1(C)C(=O)NCCN1Cc1nnc(-c2ccc(Cl)cc2)n1C. The third-order valence-corrected chi connectivity index (χ3v) is 5.24. The summed E-state index contributed by atoms with van der Waals surface area (Å²) in [5.74, 6) is 1.74. The first-order valence-corrected chi connectivity index (χ1v) is 9.01. The van der Waals surface area contributed by atoms with Crippen LogP contribution in [0.25, 0.3) is 11.4 Å². The number of carbonyl (C=O) groups excluding carboxylic acids is 1. The van der Waals surface area contributed by atoms with Crippen molar-refractivity contribution in [2.45, 2.75) is 38.8 Å². The Morgan fingerprint density at radius 1 is 1.28 bits per heavy atom. The molecule has 1 aromatic carbocycles. The first-order chi connectivity index (χ1) is 12.0. The van der Waals surface area contributed by atoms with E-state index in [1.807, 2.05) is 42.8 Å². The predicted molar refractivity (Wildman–Crippen MR) is 98.2 cm³/mol. The van der Waals surface area contributed by atoms with Gasteiger partial charge in [-0.1, -0.05) is 24.9 Å². The molecule has 6 nitrogen and oxygen atoms in total. The summed E-state index contributed by atoms with van der Waals surface area (Å²) in [6.45, 7) is 6.19. The topological polar surface area (TPSA) is 63.1 Å². The van der Waals surface area contributed by atoms with E-state index in [1.165, 1.54) is 0 Å². The summed E-state index contributed by atoms with van der Waals surface area (Å²) in [6, 6.07) is 7.56. The predicted octanol–water partition coefficient (Wildman–Crippen LogP) is 2.63. The van der Waals surface area contributed by atoms with Crippen molar-refractivity contribution in [3.63, 3.8) is 0 Å². The third-order valence-electron chi connectivity index (χ3n) is 4.99. The van der Waals surface area contributed by atoms with Gasteiger partial charge >= 0.3 is 0 Å². The standard InChI is InChI=1S/C18H24ClN5O/c1-4-9-18(2)17(25)20-10-11-24(18)12-15-21-22-16(23(15)3)13-5-7-14(19)8-6-13/h5-8H,4,9-12H2,1-3H3,(H,20,25)/t18-/m0/s1. The summed E-state index contributed by atoms with van der Waals surface area (Å²) < 4.78 is 1.99. The van der Waals surface area contributed by atoms with Gasteiger partial charge in [0.1, 0.15) is 5.82 Å². The van der Waals surface area contributed by atoms with Crippen molar-refractivity contribution in [2.75, 3.05) is 13.1 Å². The molecular formula is C18H24ClN5O. The number of aromatic nitrogens is 3. The van der Waals surface area contributed by atoms with Gasteiger partial charge in [0.25, 0.3) is 0 Å². The molecule has 1 aliphatic heterocycles. The van der Waals surface area contributed by atoms with Gasteiger partial charge in [-0.3, -0.25) is 9.69 Å². The number of halogens is 1. The second-order valence-corrected chi connectivity index (χ2v) is 7.14. The van der Waals surface area contributed by atoms with Gasteiger partial charge in [0.15, 0.2) is 5.82 Å². The summed E-state index contributed by atoms with van der Waals surface area (Å²) in [4.78, 5) is 14.7. The third kappa shape index (κ3) is 3.41. The molecule has 0 unspecified atom stereocenters. The molecule has 0 spiro atoms. The zero-order valence-electron chi connectivity index (χ0n) is 14.9. The molecule has 7 heteroatoms. The molecule has 0 saturated carbocycles. The Hall–Kier alpha value is -1.92. The van der Waals surface area contributed by atoms with Gasteiger partial charge in [-0.15, -0.1) is 10.2 Å². The van der Waals surface area contributed by atoms with Gasteiger partial charge < -0.3 is 9.88 Å². The fourth-order valence-electron chi connectivity index (χ4n) is 3.42. The highest BCUT2D eigenvalue weighted by molar-refractivity contribution is 6.30.